The smallest absolute Gasteiger partial charge is 0.299 e. The zero-order valence-electron chi connectivity index (χ0n) is 23.0. The Morgan fingerprint density at radius 1 is 1.05 bits per heavy atom. The van der Waals surface area contributed by atoms with Gasteiger partial charge in [0.1, 0.15) is 5.52 Å². The number of hydrogen-bond acceptors (Lipinski definition) is 6. The van der Waals surface area contributed by atoms with Crippen LogP contribution in [0, 0.1) is 5.41 Å². The number of nitrogens with zero attached hydrogens (tertiary/aromatic N) is 4. The van der Waals surface area contributed by atoms with Gasteiger partial charge in [-0.05, 0) is 58.7 Å². The Balaban J connectivity index is 0.00000320. The molecule has 2 amide bonds. The van der Waals surface area contributed by atoms with E-state index in [0.29, 0.717) is 47.9 Å². The molecule has 5 rings (SSSR count). The molecule has 37 heavy (non-hydrogen) atoms. The molecule has 204 valence electrons. The fraction of sp³-hybridized carbons (Fsp3) is 0.679. The number of fused-ring (bicyclic) bond motifs is 3. The van der Waals surface area contributed by atoms with E-state index in [1.54, 1.807) is 0 Å². The van der Waals surface area contributed by atoms with Gasteiger partial charge in [-0.1, -0.05) is 33.3 Å². The van der Waals surface area contributed by atoms with Crippen molar-refractivity contribution in [1.82, 2.24) is 20.1 Å². The molecule has 3 aliphatic rings. The number of oxazole rings is 1. The largest absolute Gasteiger partial charge is 0.423 e. The van der Waals surface area contributed by atoms with Crippen molar-refractivity contribution in [3.8, 4) is 0 Å². The molecule has 0 saturated carbocycles. The molecule has 2 unspecified atom stereocenters. The van der Waals surface area contributed by atoms with Crippen LogP contribution >= 0.6 is 12.4 Å². The molecular weight excluding hydrogens is 490 g/mol. The first-order valence-corrected chi connectivity index (χ1v) is 13.5. The number of hydrogen-bond donors (Lipinski definition) is 1. The topological polar surface area (TPSA) is 81.9 Å². The van der Waals surface area contributed by atoms with Gasteiger partial charge in [0.15, 0.2) is 5.58 Å². The van der Waals surface area contributed by atoms with Gasteiger partial charge in [-0.3, -0.25) is 9.59 Å². The van der Waals surface area contributed by atoms with E-state index in [-0.39, 0.29) is 42.3 Å². The minimum absolute atomic E-state index is 0. The maximum atomic E-state index is 13.4. The monoisotopic (exact) mass is 531 g/mol. The summed E-state index contributed by atoms with van der Waals surface area (Å²) in [5, 5.41) is 3.31. The van der Waals surface area contributed by atoms with Crippen molar-refractivity contribution in [2.24, 2.45) is 5.41 Å². The minimum Gasteiger partial charge on any atom is -0.423 e. The third-order valence-electron chi connectivity index (χ3n) is 8.40. The molecule has 1 N–H and O–H groups in total. The van der Waals surface area contributed by atoms with E-state index in [9.17, 15) is 9.59 Å². The van der Waals surface area contributed by atoms with Crippen LogP contribution in [0.2, 0.25) is 0 Å². The van der Waals surface area contributed by atoms with Gasteiger partial charge < -0.3 is 24.4 Å². The van der Waals surface area contributed by atoms with Gasteiger partial charge in [0.2, 0.25) is 5.91 Å². The van der Waals surface area contributed by atoms with E-state index in [4.69, 9.17) is 9.40 Å². The third-order valence-corrected chi connectivity index (χ3v) is 8.40. The summed E-state index contributed by atoms with van der Waals surface area (Å²) < 4.78 is 6.19. The molecule has 3 saturated heterocycles. The van der Waals surface area contributed by atoms with Gasteiger partial charge >= 0.3 is 0 Å². The second-order valence-electron chi connectivity index (χ2n) is 12.3. The summed E-state index contributed by atoms with van der Waals surface area (Å²) in [4.78, 5) is 37.7. The average Bonchev–Trinajstić information content (AvgIpc) is 3.21. The molecule has 9 heteroatoms. The van der Waals surface area contributed by atoms with Crippen LogP contribution in [0.25, 0.3) is 11.1 Å². The number of piperazine rings is 1. The van der Waals surface area contributed by atoms with Crippen molar-refractivity contribution in [2.45, 2.75) is 96.9 Å². The number of halogens is 1. The van der Waals surface area contributed by atoms with Crippen LogP contribution in [0.15, 0.2) is 22.6 Å². The lowest BCUT2D eigenvalue weighted by atomic mass is 9.82. The molecule has 3 fully saturated rings. The first-order chi connectivity index (χ1) is 17.0. The number of piperidine rings is 2. The van der Waals surface area contributed by atoms with Crippen molar-refractivity contribution in [2.75, 3.05) is 25.0 Å². The van der Waals surface area contributed by atoms with Crippen molar-refractivity contribution in [3.05, 3.63) is 23.8 Å². The molecule has 1 aromatic heterocycles. The average molecular weight is 532 g/mol. The van der Waals surface area contributed by atoms with Gasteiger partial charge in [0, 0.05) is 48.7 Å². The van der Waals surface area contributed by atoms with E-state index >= 15 is 0 Å². The van der Waals surface area contributed by atoms with Gasteiger partial charge in [-0.2, -0.15) is 4.98 Å². The van der Waals surface area contributed by atoms with E-state index in [2.05, 4.69) is 36.0 Å². The Morgan fingerprint density at radius 2 is 1.68 bits per heavy atom. The quantitative estimate of drug-likeness (QED) is 0.629. The van der Waals surface area contributed by atoms with E-state index in [1.165, 1.54) is 19.3 Å². The van der Waals surface area contributed by atoms with E-state index < -0.39 is 5.41 Å². The summed E-state index contributed by atoms with van der Waals surface area (Å²) in [6.07, 6.45) is 5.73. The molecular formula is C28H42ClN5O3. The standard InChI is InChI=1S/C28H41N5O3.ClH/c1-17-15-32(26(35)28(3,4)5)16-18(2)33(17)27-30-24-22(11-8-12-23(24)36-27)25(34)29-19-13-20-9-7-10-21(14-19)31(20)6;/h8,11-12,17-21H,7,9-10,13-16H2,1-6H3,(H,29,34);1H/t17-,18-,19?,20?,21?;/m0./s1. The van der Waals surface area contributed by atoms with Crippen LogP contribution in [0.5, 0.6) is 0 Å². The first kappa shape index (κ1) is 27.7. The highest BCUT2D eigenvalue weighted by atomic mass is 35.5. The minimum atomic E-state index is -0.409. The lowest BCUT2D eigenvalue weighted by Crippen LogP contribution is -2.60. The van der Waals surface area contributed by atoms with Crippen LogP contribution in [-0.4, -0.2) is 76.9 Å². The molecule has 0 radical (unpaired) electrons. The Hall–Kier alpha value is -2.32. The second-order valence-corrected chi connectivity index (χ2v) is 12.3. The van der Waals surface area contributed by atoms with Gasteiger partial charge in [0.25, 0.3) is 11.9 Å². The Labute approximate surface area is 226 Å². The van der Waals surface area contributed by atoms with Gasteiger partial charge in [-0.15, -0.1) is 12.4 Å². The molecule has 2 aromatic rings. The molecule has 4 atom stereocenters. The molecule has 3 aliphatic heterocycles. The SMILES string of the molecule is C[C@H]1CN(C(=O)C(C)(C)C)C[C@H](C)N1c1nc2c(C(=O)NC3CC4CCCC(C3)N4C)cccc2o1.Cl. The van der Waals surface area contributed by atoms with E-state index in [1.807, 2.05) is 43.9 Å². The number of carbonyl (C=O) groups excluding carboxylic acids is 2. The molecule has 1 aromatic carbocycles. The van der Waals surface area contributed by atoms with Crippen LogP contribution < -0.4 is 10.2 Å². The summed E-state index contributed by atoms with van der Waals surface area (Å²) in [5.74, 6) is 0.0881. The van der Waals surface area contributed by atoms with Crippen molar-refractivity contribution < 1.29 is 14.0 Å². The maximum Gasteiger partial charge on any atom is 0.299 e. The molecule has 0 spiro atoms. The molecule has 8 nitrogen and oxygen atoms in total. The number of amides is 2. The number of benzene rings is 1. The van der Waals surface area contributed by atoms with Crippen molar-refractivity contribution in [3.63, 3.8) is 0 Å². The highest BCUT2D eigenvalue weighted by Gasteiger charge is 2.39. The summed E-state index contributed by atoms with van der Waals surface area (Å²) in [5.41, 5.74) is 1.37. The molecule has 0 aliphatic carbocycles. The Morgan fingerprint density at radius 3 is 2.27 bits per heavy atom. The number of rotatable bonds is 3. The van der Waals surface area contributed by atoms with Crippen LogP contribution in [0.4, 0.5) is 6.01 Å². The van der Waals surface area contributed by atoms with Crippen LogP contribution in [0.1, 0.15) is 77.1 Å². The molecule has 2 bridgehead atoms. The fourth-order valence-electron chi connectivity index (χ4n) is 6.57. The highest BCUT2D eigenvalue weighted by molar-refractivity contribution is 6.04. The predicted octanol–water partition coefficient (Wildman–Crippen LogP) is 4.47. The first-order valence-electron chi connectivity index (χ1n) is 13.5. The normalized spacial score (nSPS) is 28.6. The number of anilines is 1. The second kappa shape index (κ2) is 10.4. The summed E-state index contributed by atoms with van der Waals surface area (Å²) in [6.45, 7) is 11.3. The summed E-state index contributed by atoms with van der Waals surface area (Å²) in [6, 6.07) is 7.49. The lowest BCUT2D eigenvalue weighted by Gasteiger charge is -2.47. The van der Waals surface area contributed by atoms with Crippen LogP contribution in [0.3, 0.4) is 0 Å². The Bertz CT molecular complexity index is 1120. The maximum absolute atomic E-state index is 13.4. The number of para-hydroxylation sites is 1. The fourth-order valence-corrected chi connectivity index (χ4v) is 6.57. The third kappa shape index (κ3) is 5.32. The van der Waals surface area contributed by atoms with Crippen LogP contribution in [-0.2, 0) is 4.79 Å². The van der Waals surface area contributed by atoms with Gasteiger partial charge in [0.05, 0.1) is 5.56 Å². The zero-order valence-corrected chi connectivity index (χ0v) is 23.8. The number of carbonyl (C=O) groups is 2. The van der Waals surface area contributed by atoms with E-state index in [0.717, 1.165) is 12.8 Å². The number of nitrogens with one attached hydrogen (secondary N) is 1. The van der Waals surface area contributed by atoms with Crippen molar-refractivity contribution >= 4 is 41.3 Å². The summed E-state index contributed by atoms with van der Waals surface area (Å²) in [7, 11) is 2.23. The Kier molecular flexibility index (Phi) is 7.82. The van der Waals surface area contributed by atoms with Crippen molar-refractivity contribution in [1.29, 1.82) is 0 Å². The molecule has 4 heterocycles. The number of aromatic nitrogens is 1. The lowest BCUT2D eigenvalue weighted by molar-refractivity contribution is -0.140. The predicted molar refractivity (Wildman–Crippen MR) is 148 cm³/mol. The summed E-state index contributed by atoms with van der Waals surface area (Å²) >= 11 is 0. The van der Waals surface area contributed by atoms with Gasteiger partial charge in [-0.25, -0.2) is 0 Å². The zero-order chi connectivity index (χ0) is 25.8. The highest BCUT2D eigenvalue weighted by Crippen LogP contribution is 2.34.